The average molecular weight is 392 g/mol. The molecule has 6 heteroatoms. The van der Waals surface area contributed by atoms with Crippen LogP contribution < -0.4 is 10.1 Å². The number of nitrogens with zero attached hydrogens (tertiary/aromatic N) is 1. The van der Waals surface area contributed by atoms with Crippen molar-refractivity contribution in [1.29, 1.82) is 0 Å². The molecule has 0 saturated heterocycles. The van der Waals surface area contributed by atoms with E-state index in [1.54, 1.807) is 13.0 Å². The quantitative estimate of drug-likeness (QED) is 0.648. The molecule has 0 radical (unpaired) electrons. The van der Waals surface area contributed by atoms with Gasteiger partial charge in [-0.2, -0.15) is 0 Å². The summed E-state index contributed by atoms with van der Waals surface area (Å²) >= 11 is 0. The highest BCUT2D eigenvalue weighted by atomic mass is 19.1. The van der Waals surface area contributed by atoms with Crippen molar-refractivity contribution in [3.8, 4) is 16.9 Å². The van der Waals surface area contributed by atoms with Crippen LogP contribution in [0.1, 0.15) is 33.8 Å². The number of carboxylic acid groups (broad SMARTS) is 1. The molecule has 148 valence electrons. The van der Waals surface area contributed by atoms with Crippen molar-refractivity contribution >= 4 is 11.7 Å². The number of anilines is 1. The Morgan fingerprint density at radius 3 is 3.00 bits per heavy atom. The van der Waals surface area contributed by atoms with Crippen LogP contribution in [0.3, 0.4) is 0 Å². The second-order valence-corrected chi connectivity index (χ2v) is 7.11. The maximum absolute atomic E-state index is 13.9. The van der Waals surface area contributed by atoms with Crippen LogP contribution in [0.2, 0.25) is 0 Å². The number of ether oxygens (including phenoxy) is 1. The summed E-state index contributed by atoms with van der Waals surface area (Å²) in [6, 6.07) is 12.5. The summed E-state index contributed by atoms with van der Waals surface area (Å²) in [6.45, 7) is 2.91. The molecule has 0 spiro atoms. The molecule has 2 aromatic carbocycles. The van der Waals surface area contributed by atoms with Crippen molar-refractivity contribution in [1.82, 2.24) is 4.98 Å². The molecule has 1 aliphatic heterocycles. The molecule has 0 bridgehead atoms. The fourth-order valence-electron chi connectivity index (χ4n) is 3.72. The third-order valence-corrected chi connectivity index (χ3v) is 5.35. The summed E-state index contributed by atoms with van der Waals surface area (Å²) in [5, 5.41) is 12.5. The monoisotopic (exact) mass is 392 g/mol. The van der Waals surface area contributed by atoms with E-state index in [1.165, 1.54) is 24.5 Å². The molecule has 0 aliphatic carbocycles. The van der Waals surface area contributed by atoms with E-state index in [2.05, 4.69) is 10.3 Å². The van der Waals surface area contributed by atoms with Crippen LogP contribution in [0.4, 0.5) is 10.1 Å². The number of rotatable bonds is 5. The number of carbonyl (C=O) groups is 1. The van der Waals surface area contributed by atoms with Crippen molar-refractivity contribution < 1.29 is 19.0 Å². The lowest BCUT2D eigenvalue weighted by Gasteiger charge is -2.27. The predicted molar refractivity (Wildman–Crippen MR) is 109 cm³/mol. The molecule has 5 nitrogen and oxygen atoms in total. The van der Waals surface area contributed by atoms with Crippen LogP contribution in [-0.4, -0.2) is 29.2 Å². The number of hydrogen-bond donors (Lipinski definition) is 2. The van der Waals surface area contributed by atoms with Gasteiger partial charge >= 0.3 is 5.97 Å². The third kappa shape index (κ3) is 3.78. The van der Waals surface area contributed by atoms with Gasteiger partial charge in [-0.15, -0.1) is 0 Å². The second-order valence-electron chi connectivity index (χ2n) is 7.11. The number of fused-ring (bicyclic) bond motifs is 1. The smallest absolute Gasteiger partial charge is 0.337 e. The molecule has 2 N–H and O–H groups in total. The van der Waals surface area contributed by atoms with E-state index in [9.17, 15) is 14.3 Å². The van der Waals surface area contributed by atoms with Crippen LogP contribution in [-0.2, 0) is 0 Å². The number of carboxylic acids is 1. The van der Waals surface area contributed by atoms with Gasteiger partial charge in [-0.1, -0.05) is 24.3 Å². The molecule has 0 fully saturated rings. The molecule has 1 atom stereocenters. The average Bonchev–Trinajstić information content (AvgIpc) is 2.74. The van der Waals surface area contributed by atoms with Gasteiger partial charge in [0, 0.05) is 18.7 Å². The van der Waals surface area contributed by atoms with E-state index < -0.39 is 5.97 Å². The SMILES string of the molecule is Cc1c(F)cccc1-c1ccc2c(c1)OCC[C@H]2CNc1cnccc1C(=O)O. The van der Waals surface area contributed by atoms with Gasteiger partial charge in [-0.05, 0) is 53.8 Å². The highest BCUT2D eigenvalue weighted by Crippen LogP contribution is 2.38. The highest BCUT2D eigenvalue weighted by Gasteiger charge is 2.23. The van der Waals surface area contributed by atoms with Gasteiger partial charge in [0.1, 0.15) is 11.6 Å². The summed E-state index contributed by atoms with van der Waals surface area (Å²) < 4.78 is 19.8. The third-order valence-electron chi connectivity index (χ3n) is 5.35. The van der Waals surface area contributed by atoms with Crippen molar-refractivity contribution in [2.45, 2.75) is 19.3 Å². The normalized spacial score (nSPS) is 15.3. The van der Waals surface area contributed by atoms with E-state index in [-0.39, 0.29) is 17.3 Å². The number of aromatic nitrogens is 1. The minimum atomic E-state index is -0.989. The van der Waals surface area contributed by atoms with Gasteiger partial charge < -0.3 is 15.2 Å². The van der Waals surface area contributed by atoms with E-state index >= 15 is 0 Å². The fraction of sp³-hybridized carbons (Fsp3) is 0.217. The molecule has 3 aromatic rings. The first-order chi connectivity index (χ1) is 14.0. The van der Waals surface area contributed by atoms with Gasteiger partial charge in [-0.3, -0.25) is 4.98 Å². The zero-order valence-corrected chi connectivity index (χ0v) is 16.0. The van der Waals surface area contributed by atoms with Crippen molar-refractivity contribution in [2.24, 2.45) is 0 Å². The number of pyridine rings is 1. The lowest BCUT2D eigenvalue weighted by molar-refractivity contribution is 0.0697. The van der Waals surface area contributed by atoms with E-state index in [0.29, 0.717) is 24.4 Å². The molecule has 0 unspecified atom stereocenters. The molecule has 1 aliphatic rings. The fourth-order valence-corrected chi connectivity index (χ4v) is 3.72. The topological polar surface area (TPSA) is 71.5 Å². The maximum atomic E-state index is 13.9. The zero-order chi connectivity index (χ0) is 20.4. The standard InChI is InChI=1S/C23H21FN2O3/c1-14-17(3-2-4-20(14)24)15-5-6-18-16(8-10-29-22(18)11-15)12-26-21-13-25-9-7-19(21)23(27)28/h2-7,9,11,13,16,26H,8,10,12H2,1H3,(H,27,28)/t16-/m0/s1. The lowest BCUT2D eigenvalue weighted by Crippen LogP contribution is -2.21. The van der Waals surface area contributed by atoms with Crippen molar-refractivity contribution in [3.05, 3.63) is 77.4 Å². The minimum Gasteiger partial charge on any atom is -0.493 e. The van der Waals surface area contributed by atoms with Crippen LogP contribution in [0, 0.1) is 12.7 Å². The first-order valence-corrected chi connectivity index (χ1v) is 9.48. The number of aromatic carboxylic acids is 1. The Labute approximate surface area is 168 Å². The van der Waals surface area contributed by atoms with Crippen LogP contribution in [0.25, 0.3) is 11.1 Å². The summed E-state index contributed by atoms with van der Waals surface area (Å²) in [6.07, 6.45) is 3.81. The Hall–Kier alpha value is -3.41. The number of halogens is 1. The van der Waals surface area contributed by atoms with Crippen LogP contribution in [0.15, 0.2) is 54.9 Å². The Morgan fingerprint density at radius 1 is 1.31 bits per heavy atom. The molecule has 4 rings (SSSR count). The Bertz CT molecular complexity index is 1070. The first-order valence-electron chi connectivity index (χ1n) is 9.48. The predicted octanol–water partition coefficient (Wildman–Crippen LogP) is 4.87. The largest absolute Gasteiger partial charge is 0.493 e. The van der Waals surface area contributed by atoms with E-state index in [4.69, 9.17) is 4.74 Å². The summed E-state index contributed by atoms with van der Waals surface area (Å²) in [4.78, 5) is 15.4. The van der Waals surface area contributed by atoms with E-state index in [0.717, 1.165) is 28.9 Å². The van der Waals surface area contributed by atoms with Gasteiger partial charge in [-0.25, -0.2) is 9.18 Å². The molecule has 29 heavy (non-hydrogen) atoms. The Kier molecular flexibility index (Phi) is 5.16. The second kappa shape index (κ2) is 7.91. The molecule has 1 aromatic heterocycles. The molecule has 0 saturated carbocycles. The first kappa shape index (κ1) is 18.9. The van der Waals surface area contributed by atoms with Gasteiger partial charge in [0.25, 0.3) is 0 Å². The lowest BCUT2D eigenvalue weighted by atomic mass is 9.90. The van der Waals surface area contributed by atoms with Gasteiger partial charge in [0.15, 0.2) is 0 Å². The van der Waals surface area contributed by atoms with Gasteiger partial charge in [0.2, 0.25) is 0 Å². The molecule has 2 heterocycles. The number of nitrogens with one attached hydrogen (secondary N) is 1. The van der Waals surface area contributed by atoms with E-state index in [1.807, 2.05) is 24.3 Å². The van der Waals surface area contributed by atoms with Crippen LogP contribution in [0.5, 0.6) is 5.75 Å². The van der Waals surface area contributed by atoms with Crippen molar-refractivity contribution in [2.75, 3.05) is 18.5 Å². The summed E-state index contributed by atoms with van der Waals surface area (Å²) in [5.74, 6) is -0.261. The number of hydrogen-bond acceptors (Lipinski definition) is 4. The Balaban J connectivity index is 1.58. The minimum absolute atomic E-state index is 0.170. The number of benzene rings is 2. The highest BCUT2D eigenvalue weighted by molar-refractivity contribution is 5.93. The molecular weight excluding hydrogens is 371 g/mol. The zero-order valence-electron chi connectivity index (χ0n) is 16.0. The summed E-state index contributed by atoms with van der Waals surface area (Å²) in [5.41, 5.74) is 4.12. The molecule has 0 amide bonds. The molecular formula is C23H21FN2O3. The van der Waals surface area contributed by atoms with Crippen LogP contribution >= 0.6 is 0 Å². The summed E-state index contributed by atoms with van der Waals surface area (Å²) in [7, 11) is 0. The maximum Gasteiger partial charge on any atom is 0.337 e. The van der Waals surface area contributed by atoms with Crippen molar-refractivity contribution in [3.63, 3.8) is 0 Å². The Morgan fingerprint density at radius 2 is 2.17 bits per heavy atom. The van der Waals surface area contributed by atoms with Gasteiger partial charge in [0.05, 0.1) is 24.1 Å².